The van der Waals surface area contributed by atoms with Crippen LogP contribution in [0.25, 0.3) is 0 Å². The predicted molar refractivity (Wildman–Crippen MR) is 62.0 cm³/mol. The first-order chi connectivity index (χ1) is 9.88. The van der Waals surface area contributed by atoms with Gasteiger partial charge in [-0.05, 0) is 12.5 Å². The second-order valence-corrected chi connectivity index (χ2v) is 5.05. The van der Waals surface area contributed by atoms with Crippen LogP contribution in [0, 0.1) is 0 Å². The SMILES string of the molecule is C=C(C)C1OC(C(=O)O)C2OC3OC(C(=O)O)OC3C2O1. The highest BCUT2D eigenvalue weighted by Gasteiger charge is 2.60. The second-order valence-electron chi connectivity index (χ2n) is 5.05. The Labute approximate surface area is 119 Å². The van der Waals surface area contributed by atoms with Crippen molar-refractivity contribution in [3.05, 3.63) is 12.2 Å². The molecule has 0 aromatic rings. The minimum atomic E-state index is -1.46. The molecule has 3 aliphatic heterocycles. The number of hydrogen-bond donors (Lipinski definition) is 2. The summed E-state index contributed by atoms with van der Waals surface area (Å²) in [5.74, 6) is -2.50. The van der Waals surface area contributed by atoms with Crippen LogP contribution in [0.15, 0.2) is 12.2 Å². The summed E-state index contributed by atoms with van der Waals surface area (Å²) in [5.41, 5.74) is 0.483. The molecule has 3 fully saturated rings. The molecule has 0 saturated carbocycles. The van der Waals surface area contributed by atoms with Gasteiger partial charge in [0.2, 0.25) is 0 Å². The molecule has 0 spiro atoms. The van der Waals surface area contributed by atoms with E-state index in [1.807, 2.05) is 0 Å². The Morgan fingerprint density at radius 1 is 0.857 bits per heavy atom. The van der Waals surface area contributed by atoms with Gasteiger partial charge >= 0.3 is 11.9 Å². The molecule has 3 heterocycles. The van der Waals surface area contributed by atoms with E-state index in [0.29, 0.717) is 5.57 Å². The number of fused-ring (bicyclic) bond motifs is 3. The van der Waals surface area contributed by atoms with Crippen LogP contribution in [0.5, 0.6) is 0 Å². The van der Waals surface area contributed by atoms with Crippen LogP contribution in [-0.2, 0) is 33.3 Å². The van der Waals surface area contributed by atoms with Crippen molar-refractivity contribution in [2.45, 2.75) is 50.2 Å². The molecule has 9 nitrogen and oxygen atoms in total. The number of hydrogen-bond acceptors (Lipinski definition) is 7. The third-order valence-corrected chi connectivity index (χ3v) is 3.44. The fourth-order valence-electron chi connectivity index (χ4n) is 2.53. The van der Waals surface area contributed by atoms with Crippen molar-refractivity contribution in [2.75, 3.05) is 0 Å². The lowest BCUT2D eigenvalue weighted by atomic mass is 10.0. The Balaban J connectivity index is 1.82. The van der Waals surface area contributed by atoms with E-state index in [4.69, 9.17) is 28.8 Å². The number of aliphatic carboxylic acids is 2. The molecule has 7 unspecified atom stereocenters. The van der Waals surface area contributed by atoms with Crippen LogP contribution in [-0.4, -0.2) is 65.4 Å². The molecule has 0 aromatic carbocycles. The molecule has 3 saturated heterocycles. The van der Waals surface area contributed by atoms with Crippen molar-refractivity contribution in [3.63, 3.8) is 0 Å². The fourth-order valence-corrected chi connectivity index (χ4v) is 2.53. The zero-order chi connectivity index (χ0) is 15.3. The smallest absolute Gasteiger partial charge is 0.361 e. The van der Waals surface area contributed by atoms with Crippen molar-refractivity contribution in [3.8, 4) is 0 Å². The van der Waals surface area contributed by atoms with Crippen LogP contribution >= 0.6 is 0 Å². The fraction of sp³-hybridized carbons (Fsp3) is 0.667. The van der Waals surface area contributed by atoms with E-state index in [-0.39, 0.29) is 0 Å². The molecule has 7 atom stereocenters. The summed E-state index contributed by atoms with van der Waals surface area (Å²) in [6.45, 7) is 5.29. The second kappa shape index (κ2) is 5.04. The zero-order valence-corrected chi connectivity index (χ0v) is 11.0. The molecule has 0 amide bonds. The quantitative estimate of drug-likeness (QED) is 0.652. The van der Waals surface area contributed by atoms with Gasteiger partial charge in [-0.1, -0.05) is 6.58 Å². The number of carboxylic acid groups (broad SMARTS) is 2. The first-order valence-electron chi connectivity index (χ1n) is 6.27. The van der Waals surface area contributed by atoms with Gasteiger partial charge in [-0.25, -0.2) is 9.59 Å². The molecule has 2 N–H and O–H groups in total. The Morgan fingerprint density at radius 2 is 1.52 bits per heavy atom. The Kier molecular flexibility index (Phi) is 3.46. The standard InChI is InChI=1S/C12H14O9/c1-3(2)10-17-5-4(6(19-10)8(13)14)18-11-7(5)20-12(21-11)9(15)16/h4-7,10-12H,1H2,2H3,(H,13,14)(H,15,16). The minimum absolute atomic E-state index is 0.483. The monoisotopic (exact) mass is 302 g/mol. The van der Waals surface area contributed by atoms with Crippen LogP contribution in [0.4, 0.5) is 0 Å². The van der Waals surface area contributed by atoms with Gasteiger partial charge in [0.15, 0.2) is 18.7 Å². The third kappa shape index (κ3) is 2.32. The lowest BCUT2D eigenvalue weighted by Crippen LogP contribution is -2.54. The molecule has 0 radical (unpaired) electrons. The van der Waals surface area contributed by atoms with E-state index in [1.54, 1.807) is 6.92 Å². The average molecular weight is 302 g/mol. The van der Waals surface area contributed by atoms with Crippen LogP contribution in [0.3, 0.4) is 0 Å². The highest BCUT2D eigenvalue weighted by molar-refractivity contribution is 5.73. The maximum absolute atomic E-state index is 11.3. The van der Waals surface area contributed by atoms with E-state index in [0.717, 1.165) is 0 Å². The molecule has 9 heteroatoms. The van der Waals surface area contributed by atoms with E-state index < -0.39 is 55.2 Å². The molecule has 0 bridgehead atoms. The topological polar surface area (TPSA) is 121 Å². The molecule has 3 rings (SSSR count). The van der Waals surface area contributed by atoms with E-state index in [9.17, 15) is 14.7 Å². The molecular formula is C12H14O9. The van der Waals surface area contributed by atoms with Gasteiger partial charge in [-0.2, -0.15) is 0 Å². The van der Waals surface area contributed by atoms with Crippen molar-refractivity contribution in [1.29, 1.82) is 0 Å². The summed E-state index contributed by atoms with van der Waals surface area (Å²) in [5, 5.41) is 18.1. The van der Waals surface area contributed by atoms with Gasteiger partial charge in [0, 0.05) is 0 Å². The number of carboxylic acids is 2. The highest BCUT2D eigenvalue weighted by atomic mass is 16.9. The predicted octanol–water partition coefficient (Wildman–Crippen LogP) is -0.692. The van der Waals surface area contributed by atoms with Gasteiger partial charge < -0.3 is 33.9 Å². The first-order valence-corrected chi connectivity index (χ1v) is 6.27. The Hall–Kier alpha value is -1.52. The summed E-state index contributed by atoms with van der Waals surface area (Å²) >= 11 is 0. The van der Waals surface area contributed by atoms with Crippen LogP contribution < -0.4 is 0 Å². The molecule has 116 valence electrons. The minimum Gasteiger partial charge on any atom is -0.479 e. The summed E-state index contributed by atoms with van der Waals surface area (Å²) < 4.78 is 26.6. The lowest BCUT2D eigenvalue weighted by molar-refractivity contribution is -0.282. The number of carbonyl (C=O) groups is 2. The van der Waals surface area contributed by atoms with Crippen molar-refractivity contribution in [1.82, 2.24) is 0 Å². The molecule has 0 aliphatic carbocycles. The average Bonchev–Trinajstić information content (AvgIpc) is 2.94. The molecular weight excluding hydrogens is 288 g/mol. The van der Waals surface area contributed by atoms with Gasteiger partial charge in [0.1, 0.15) is 18.3 Å². The summed E-state index contributed by atoms with van der Waals surface area (Å²) in [4.78, 5) is 22.2. The van der Waals surface area contributed by atoms with Crippen molar-refractivity contribution in [2.24, 2.45) is 0 Å². The maximum Gasteiger partial charge on any atom is 0.361 e. The molecule has 3 aliphatic rings. The van der Waals surface area contributed by atoms with E-state index >= 15 is 0 Å². The number of ether oxygens (including phenoxy) is 5. The molecule has 21 heavy (non-hydrogen) atoms. The lowest BCUT2D eigenvalue weighted by Gasteiger charge is -2.37. The maximum atomic E-state index is 11.3. The Morgan fingerprint density at radius 3 is 2.10 bits per heavy atom. The van der Waals surface area contributed by atoms with Crippen molar-refractivity contribution < 1.29 is 43.5 Å². The summed E-state index contributed by atoms with van der Waals surface area (Å²) in [6.07, 6.45) is -7.24. The molecule has 0 aromatic heterocycles. The van der Waals surface area contributed by atoms with Gasteiger partial charge in [-0.3, -0.25) is 0 Å². The summed E-state index contributed by atoms with van der Waals surface area (Å²) in [6, 6.07) is 0. The van der Waals surface area contributed by atoms with E-state index in [2.05, 4.69) is 6.58 Å². The zero-order valence-electron chi connectivity index (χ0n) is 11.0. The highest BCUT2D eigenvalue weighted by Crippen LogP contribution is 2.40. The van der Waals surface area contributed by atoms with Crippen LogP contribution in [0.1, 0.15) is 6.92 Å². The van der Waals surface area contributed by atoms with Gasteiger partial charge in [0.25, 0.3) is 6.29 Å². The number of rotatable bonds is 3. The normalized spacial score (nSPS) is 44.9. The van der Waals surface area contributed by atoms with E-state index in [1.165, 1.54) is 0 Å². The Bertz CT molecular complexity index is 489. The van der Waals surface area contributed by atoms with Gasteiger partial charge in [0.05, 0.1) is 0 Å². The third-order valence-electron chi connectivity index (χ3n) is 3.44. The van der Waals surface area contributed by atoms with Crippen LogP contribution in [0.2, 0.25) is 0 Å². The first kappa shape index (κ1) is 14.4. The van der Waals surface area contributed by atoms with Crippen molar-refractivity contribution >= 4 is 11.9 Å². The largest absolute Gasteiger partial charge is 0.479 e. The summed E-state index contributed by atoms with van der Waals surface area (Å²) in [7, 11) is 0. The van der Waals surface area contributed by atoms with Gasteiger partial charge in [-0.15, -0.1) is 0 Å².